The summed E-state index contributed by atoms with van der Waals surface area (Å²) in [6, 6.07) is 0.758. The maximum atomic E-state index is 6.05. The largest absolute Gasteiger partial charge is 0.467 e. The van der Waals surface area contributed by atoms with Crippen molar-refractivity contribution < 1.29 is 4.74 Å². The van der Waals surface area contributed by atoms with Crippen LogP contribution in [0.15, 0.2) is 6.20 Å². The normalized spacial score (nSPS) is 18.1. The average molecular weight is 257 g/mol. The zero-order chi connectivity index (χ0) is 12.3. The van der Waals surface area contributed by atoms with Crippen molar-refractivity contribution in [2.24, 2.45) is 0 Å². The molecule has 0 unspecified atom stereocenters. The van der Waals surface area contributed by atoms with Crippen molar-refractivity contribution in [3.05, 3.63) is 11.2 Å². The van der Waals surface area contributed by atoms with Gasteiger partial charge >= 0.3 is 6.01 Å². The van der Waals surface area contributed by atoms with Crippen LogP contribution >= 0.6 is 11.6 Å². The predicted molar refractivity (Wildman–Crippen MR) is 67.7 cm³/mol. The molecule has 94 valence electrons. The molecule has 0 aliphatic carbocycles. The van der Waals surface area contributed by atoms with E-state index in [4.69, 9.17) is 16.3 Å². The van der Waals surface area contributed by atoms with E-state index in [2.05, 4.69) is 27.2 Å². The molecule has 6 heteroatoms. The van der Waals surface area contributed by atoms with Crippen LogP contribution in [0.25, 0.3) is 0 Å². The van der Waals surface area contributed by atoms with Gasteiger partial charge in [0.05, 0.1) is 13.3 Å². The molecule has 1 aliphatic heterocycles. The first kappa shape index (κ1) is 12.4. The fourth-order valence-electron chi connectivity index (χ4n) is 1.90. The lowest BCUT2D eigenvalue weighted by atomic mass is 10.1. The lowest BCUT2D eigenvalue weighted by Crippen LogP contribution is -2.36. The molecule has 0 bridgehead atoms. The zero-order valence-corrected chi connectivity index (χ0v) is 10.9. The Bertz CT molecular complexity index is 380. The summed E-state index contributed by atoms with van der Waals surface area (Å²) in [5.41, 5.74) is 0. The number of anilines is 1. The minimum Gasteiger partial charge on any atom is -0.467 e. The first-order chi connectivity index (χ1) is 8.19. The van der Waals surface area contributed by atoms with E-state index in [1.54, 1.807) is 13.3 Å². The molecule has 0 spiro atoms. The van der Waals surface area contributed by atoms with E-state index in [0.717, 1.165) is 25.9 Å². The van der Waals surface area contributed by atoms with Gasteiger partial charge in [-0.1, -0.05) is 11.6 Å². The summed E-state index contributed by atoms with van der Waals surface area (Å²) in [6.45, 7) is 2.19. The average Bonchev–Trinajstić information content (AvgIpc) is 2.35. The van der Waals surface area contributed by atoms with Crippen molar-refractivity contribution in [1.82, 2.24) is 14.9 Å². The summed E-state index contributed by atoms with van der Waals surface area (Å²) in [4.78, 5) is 10.5. The van der Waals surface area contributed by atoms with E-state index in [-0.39, 0.29) is 0 Å². The van der Waals surface area contributed by atoms with Crippen molar-refractivity contribution >= 4 is 17.4 Å². The summed E-state index contributed by atoms with van der Waals surface area (Å²) in [6.07, 6.45) is 3.75. The molecular weight excluding hydrogens is 240 g/mol. The minimum atomic E-state index is 0.338. The molecule has 0 radical (unpaired) electrons. The molecular formula is C11H17ClN4O. The number of hydrogen-bond acceptors (Lipinski definition) is 5. The Labute approximate surface area is 106 Å². The van der Waals surface area contributed by atoms with Gasteiger partial charge in [0.2, 0.25) is 0 Å². The SMILES string of the molecule is COc1ncc(Cl)c(NC2CCN(C)CC2)n1. The first-order valence-electron chi connectivity index (χ1n) is 5.70. The van der Waals surface area contributed by atoms with E-state index in [1.807, 2.05) is 0 Å². The second-order valence-corrected chi connectivity index (χ2v) is 4.68. The highest BCUT2D eigenvalue weighted by Crippen LogP contribution is 2.23. The number of hydrogen-bond donors (Lipinski definition) is 1. The third-order valence-corrected chi connectivity index (χ3v) is 3.24. The maximum absolute atomic E-state index is 6.05. The molecule has 2 heterocycles. The third-order valence-electron chi connectivity index (χ3n) is 2.96. The van der Waals surface area contributed by atoms with Crippen LogP contribution in [-0.2, 0) is 0 Å². The van der Waals surface area contributed by atoms with Crippen molar-refractivity contribution in [1.29, 1.82) is 0 Å². The Kier molecular flexibility index (Phi) is 4.02. The Morgan fingerprint density at radius 1 is 1.47 bits per heavy atom. The maximum Gasteiger partial charge on any atom is 0.318 e. The van der Waals surface area contributed by atoms with E-state index in [0.29, 0.717) is 22.9 Å². The summed E-state index contributed by atoms with van der Waals surface area (Å²) in [5, 5.41) is 3.89. The minimum absolute atomic E-state index is 0.338. The van der Waals surface area contributed by atoms with Gasteiger partial charge in [-0.25, -0.2) is 4.98 Å². The van der Waals surface area contributed by atoms with Gasteiger partial charge in [-0.3, -0.25) is 0 Å². The first-order valence-corrected chi connectivity index (χ1v) is 6.08. The van der Waals surface area contributed by atoms with Gasteiger partial charge in [0.15, 0.2) is 5.82 Å². The van der Waals surface area contributed by atoms with Crippen LogP contribution in [0, 0.1) is 0 Å². The number of nitrogens with zero attached hydrogens (tertiary/aromatic N) is 3. The predicted octanol–water partition coefficient (Wildman–Crippen LogP) is 1.64. The van der Waals surface area contributed by atoms with Gasteiger partial charge in [-0.15, -0.1) is 0 Å². The fraction of sp³-hybridized carbons (Fsp3) is 0.636. The third kappa shape index (κ3) is 3.20. The molecule has 1 aromatic rings. The van der Waals surface area contributed by atoms with Crippen LogP contribution in [0.4, 0.5) is 5.82 Å². The number of aromatic nitrogens is 2. The quantitative estimate of drug-likeness (QED) is 0.891. The van der Waals surface area contributed by atoms with Crippen LogP contribution in [0.3, 0.4) is 0 Å². The van der Waals surface area contributed by atoms with Gasteiger partial charge in [0, 0.05) is 6.04 Å². The smallest absolute Gasteiger partial charge is 0.318 e. The number of rotatable bonds is 3. The monoisotopic (exact) mass is 256 g/mol. The molecule has 17 heavy (non-hydrogen) atoms. The lowest BCUT2D eigenvalue weighted by Gasteiger charge is -2.29. The van der Waals surface area contributed by atoms with Gasteiger partial charge in [0.1, 0.15) is 5.02 Å². The summed E-state index contributed by atoms with van der Waals surface area (Å²) < 4.78 is 4.99. The van der Waals surface area contributed by atoms with Crippen LogP contribution in [0.2, 0.25) is 5.02 Å². The zero-order valence-electron chi connectivity index (χ0n) is 10.1. The highest BCUT2D eigenvalue weighted by molar-refractivity contribution is 6.32. The van der Waals surface area contributed by atoms with Crippen LogP contribution in [0.5, 0.6) is 6.01 Å². The summed E-state index contributed by atoms with van der Waals surface area (Å²) in [5.74, 6) is 0.660. The highest BCUT2D eigenvalue weighted by atomic mass is 35.5. The second kappa shape index (κ2) is 5.51. The Morgan fingerprint density at radius 2 is 2.18 bits per heavy atom. The van der Waals surface area contributed by atoms with Crippen LogP contribution in [-0.4, -0.2) is 48.2 Å². The number of ether oxygens (including phenoxy) is 1. The number of piperidine rings is 1. The van der Waals surface area contributed by atoms with Crippen molar-refractivity contribution in [3.63, 3.8) is 0 Å². The van der Waals surface area contributed by atoms with Crippen LogP contribution in [0.1, 0.15) is 12.8 Å². The number of likely N-dealkylation sites (tertiary alicyclic amines) is 1. The standard InChI is InChI=1S/C11H17ClN4O/c1-16-5-3-8(4-6-16)14-10-9(12)7-13-11(15-10)17-2/h7-8H,3-6H2,1-2H3,(H,13,14,15). The molecule has 0 saturated carbocycles. The molecule has 0 aromatic carbocycles. The topological polar surface area (TPSA) is 50.3 Å². The van der Waals surface area contributed by atoms with E-state index in [9.17, 15) is 0 Å². The van der Waals surface area contributed by atoms with Gasteiger partial charge in [-0.05, 0) is 33.0 Å². The molecule has 0 atom stereocenters. The van der Waals surface area contributed by atoms with E-state index >= 15 is 0 Å². The van der Waals surface area contributed by atoms with Gasteiger partial charge in [0.25, 0.3) is 0 Å². The second-order valence-electron chi connectivity index (χ2n) is 4.28. The van der Waals surface area contributed by atoms with E-state index in [1.165, 1.54) is 0 Å². The Hall–Kier alpha value is -1.07. The molecule has 1 saturated heterocycles. The summed E-state index contributed by atoms with van der Waals surface area (Å²) >= 11 is 6.05. The molecule has 1 aromatic heterocycles. The fourth-order valence-corrected chi connectivity index (χ4v) is 2.04. The van der Waals surface area contributed by atoms with E-state index < -0.39 is 0 Å². The molecule has 1 aliphatic rings. The molecule has 2 rings (SSSR count). The van der Waals surface area contributed by atoms with Crippen molar-refractivity contribution in [2.45, 2.75) is 18.9 Å². The molecule has 1 fully saturated rings. The number of methoxy groups -OCH3 is 1. The number of nitrogens with one attached hydrogen (secondary N) is 1. The molecule has 5 nitrogen and oxygen atoms in total. The Morgan fingerprint density at radius 3 is 2.82 bits per heavy atom. The molecule has 0 amide bonds. The summed E-state index contributed by atoms with van der Waals surface area (Å²) in [7, 11) is 3.68. The van der Waals surface area contributed by atoms with Gasteiger partial charge in [-0.2, -0.15) is 4.98 Å². The highest BCUT2D eigenvalue weighted by Gasteiger charge is 2.18. The van der Waals surface area contributed by atoms with Crippen molar-refractivity contribution in [2.75, 3.05) is 32.6 Å². The molecule has 1 N–H and O–H groups in total. The van der Waals surface area contributed by atoms with Crippen molar-refractivity contribution in [3.8, 4) is 6.01 Å². The van der Waals surface area contributed by atoms with Gasteiger partial charge < -0.3 is 15.0 Å². The van der Waals surface area contributed by atoms with Crippen LogP contribution < -0.4 is 10.1 Å². The number of halogens is 1. The Balaban J connectivity index is 2.02. The lowest BCUT2D eigenvalue weighted by molar-refractivity contribution is 0.263.